The quantitative estimate of drug-likeness (QED) is 0.393. The van der Waals surface area contributed by atoms with Gasteiger partial charge in [0.25, 0.3) is 0 Å². The fourth-order valence-corrected chi connectivity index (χ4v) is 5.03. The Hall–Kier alpha value is -3.49. The summed E-state index contributed by atoms with van der Waals surface area (Å²) in [5.74, 6) is 1.28. The number of aromatic nitrogens is 3. The van der Waals surface area contributed by atoms with E-state index in [-0.39, 0.29) is 11.9 Å². The number of nitrogens with one attached hydrogen (secondary N) is 2. The minimum absolute atomic E-state index is 0.159. The number of hydrogen-bond donors (Lipinski definition) is 2. The van der Waals surface area contributed by atoms with Crippen LogP contribution in [0.3, 0.4) is 0 Å². The summed E-state index contributed by atoms with van der Waals surface area (Å²) >= 11 is 7.63. The van der Waals surface area contributed by atoms with E-state index >= 15 is 0 Å². The van der Waals surface area contributed by atoms with Crippen LogP contribution in [0, 0.1) is 6.92 Å². The van der Waals surface area contributed by atoms with E-state index in [4.69, 9.17) is 16.3 Å². The van der Waals surface area contributed by atoms with Crippen molar-refractivity contribution in [2.45, 2.75) is 23.4 Å². The van der Waals surface area contributed by atoms with E-state index in [1.165, 1.54) is 11.8 Å². The summed E-state index contributed by atoms with van der Waals surface area (Å²) in [6, 6.07) is 22.6. The van der Waals surface area contributed by atoms with Crippen molar-refractivity contribution in [2.75, 3.05) is 17.9 Å². The number of anilines is 1. The smallest absolute Gasteiger partial charge is 0.240 e. The van der Waals surface area contributed by atoms with Crippen LogP contribution < -0.4 is 15.5 Å². The number of carbonyl (C=O) groups excluding carboxylic acids is 1. The fourth-order valence-electron chi connectivity index (χ4n) is 3.77. The number of amides is 1. The standard InChI is InChI=1S/C25H22ClN5O2S/c1-15-8-11-18(14-20(15)26)27-24(32)22-21(16-9-12-19(33-2)13-10-16)30-31-23(28-29-25(31)34-22)17-6-4-3-5-7-17/h3-14,21-22,30H,1-2H3,(H,27,32)/t21-,22-/m1/s1. The third kappa shape index (κ3) is 4.34. The first kappa shape index (κ1) is 22.3. The number of benzene rings is 3. The van der Waals surface area contributed by atoms with Gasteiger partial charge >= 0.3 is 0 Å². The van der Waals surface area contributed by atoms with Gasteiger partial charge in [0, 0.05) is 16.3 Å². The topological polar surface area (TPSA) is 81.1 Å². The molecule has 1 aromatic heterocycles. The molecular formula is C25H22ClN5O2S. The molecule has 0 spiro atoms. The predicted octanol–water partition coefficient (Wildman–Crippen LogP) is 5.31. The van der Waals surface area contributed by atoms with Crippen molar-refractivity contribution in [1.29, 1.82) is 0 Å². The summed E-state index contributed by atoms with van der Waals surface area (Å²) < 4.78 is 7.16. The molecular weight excluding hydrogens is 470 g/mol. The van der Waals surface area contributed by atoms with Crippen LogP contribution in [0.1, 0.15) is 17.2 Å². The molecule has 5 rings (SSSR count). The molecule has 0 saturated heterocycles. The number of halogens is 1. The van der Waals surface area contributed by atoms with Crippen LogP contribution in [0.15, 0.2) is 78.0 Å². The number of aryl methyl sites for hydroxylation is 1. The molecule has 0 unspecified atom stereocenters. The Kier molecular flexibility index (Phi) is 6.17. The van der Waals surface area contributed by atoms with Gasteiger partial charge in [-0.1, -0.05) is 71.9 Å². The van der Waals surface area contributed by atoms with Crippen LogP contribution in [-0.2, 0) is 4.79 Å². The maximum absolute atomic E-state index is 13.5. The second-order valence-corrected chi connectivity index (χ2v) is 9.40. The van der Waals surface area contributed by atoms with E-state index in [0.29, 0.717) is 21.7 Å². The van der Waals surface area contributed by atoms with E-state index in [2.05, 4.69) is 20.9 Å². The number of carbonyl (C=O) groups is 1. The van der Waals surface area contributed by atoms with Gasteiger partial charge in [0.05, 0.1) is 13.2 Å². The van der Waals surface area contributed by atoms with E-state index < -0.39 is 5.25 Å². The van der Waals surface area contributed by atoms with E-state index in [1.807, 2.05) is 78.3 Å². The van der Waals surface area contributed by atoms with Crippen molar-refractivity contribution in [1.82, 2.24) is 14.9 Å². The Labute approximate surface area is 206 Å². The molecule has 0 radical (unpaired) electrons. The van der Waals surface area contributed by atoms with Gasteiger partial charge in [0.1, 0.15) is 11.0 Å². The van der Waals surface area contributed by atoms with Crippen molar-refractivity contribution < 1.29 is 9.53 Å². The fraction of sp³-hybridized carbons (Fsp3) is 0.160. The van der Waals surface area contributed by atoms with Gasteiger partial charge < -0.3 is 15.5 Å². The minimum Gasteiger partial charge on any atom is -0.497 e. The normalized spacial score (nSPS) is 16.9. The third-order valence-corrected chi connectivity index (χ3v) is 7.26. The van der Waals surface area contributed by atoms with Crippen LogP contribution >= 0.6 is 23.4 Å². The highest BCUT2D eigenvalue weighted by atomic mass is 35.5. The largest absolute Gasteiger partial charge is 0.497 e. The Balaban J connectivity index is 1.50. The number of fused-ring (bicyclic) bond motifs is 1. The molecule has 9 heteroatoms. The van der Waals surface area contributed by atoms with E-state index in [1.54, 1.807) is 13.2 Å². The first-order valence-corrected chi connectivity index (χ1v) is 11.9. The molecule has 34 heavy (non-hydrogen) atoms. The Morgan fingerprint density at radius 3 is 2.56 bits per heavy atom. The monoisotopic (exact) mass is 491 g/mol. The summed E-state index contributed by atoms with van der Waals surface area (Å²) in [7, 11) is 1.63. The zero-order chi connectivity index (χ0) is 23.7. The van der Waals surface area contributed by atoms with Crippen molar-refractivity contribution >= 4 is 35.0 Å². The summed E-state index contributed by atoms with van der Waals surface area (Å²) in [4.78, 5) is 13.5. The van der Waals surface area contributed by atoms with Gasteiger partial charge in [-0.2, -0.15) is 0 Å². The molecule has 1 aliphatic heterocycles. The first-order valence-electron chi connectivity index (χ1n) is 10.7. The van der Waals surface area contributed by atoms with E-state index in [9.17, 15) is 4.79 Å². The molecule has 3 aromatic carbocycles. The van der Waals surface area contributed by atoms with Gasteiger partial charge in [0.2, 0.25) is 11.1 Å². The number of methoxy groups -OCH3 is 1. The highest BCUT2D eigenvalue weighted by Crippen LogP contribution is 2.39. The number of thioether (sulfide) groups is 1. The molecule has 1 aliphatic rings. The third-order valence-electron chi connectivity index (χ3n) is 5.64. The van der Waals surface area contributed by atoms with Crippen LogP contribution in [0.5, 0.6) is 5.75 Å². The highest BCUT2D eigenvalue weighted by molar-refractivity contribution is 8.00. The molecule has 0 bridgehead atoms. The molecule has 2 heterocycles. The van der Waals surface area contributed by atoms with Crippen LogP contribution in [0.2, 0.25) is 5.02 Å². The molecule has 0 saturated carbocycles. The predicted molar refractivity (Wildman–Crippen MR) is 135 cm³/mol. The molecule has 172 valence electrons. The molecule has 0 fully saturated rings. The lowest BCUT2D eigenvalue weighted by Crippen LogP contribution is -2.41. The Morgan fingerprint density at radius 2 is 1.85 bits per heavy atom. The maximum Gasteiger partial charge on any atom is 0.240 e. The van der Waals surface area contributed by atoms with Gasteiger partial charge in [0.15, 0.2) is 5.82 Å². The van der Waals surface area contributed by atoms with Crippen molar-refractivity contribution in [3.05, 3.63) is 88.9 Å². The Morgan fingerprint density at radius 1 is 1.09 bits per heavy atom. The van der Waals surface area contributed by atoms with Crippen molar-refractivity contribution in [3.63, 3.8) is 0 Å². The lowest BCUT2D eigenvalue weighted by Gasteiger charge is -2.33. The number of nitrogens with zero attached hydrogens (tertiary/aromatic N) is 3. The summed E-state index contributed by atoms with van der Waals surface area (Å²) in [6.45, 7) is 1.92. The van der Waals surface area contributed by atoms with Gasteiger partial charge in [-0.25, -0.2) is 4.68 Å². The molecule has 2 atom stereocenters. The molecule has 0 aliphatic carbocycles. The average Bonchev–Trinajstić information content (AvgIpc) is 3.29. The SMILES string of the molecule is COc1ccc([C@H]2Nn3c(nnc3-c3ccccc3)S[C@H]2C(=O)Nc2ccc(C)c(Cl)c2)cc1. The number of ether oxygens (including phenoxy) is 1. The molecule has 2 N–H and O–H groups in total. The Bertz CT molecular complexity index is 1330. The molecule has 4 aromatic rings. The number of hydrogen-bond acceptors (Lipinski definition) is 6. The lowest BCUT2D eigenvalue weighted by molar-refractivity contribution is -0.116. The summed E-state index contributed by atoms with van der Waals surface area (Å²) in [5, 5.41) is 12.4. The van der Waals surface area contributed by atoms with Gasteiger partial charge in [-0.15, -0.1) is 10.2 Å². The first-order chi connectivity index (χ1) is 16.5. The van der Waals surface area contributed by atoms with Crippen LogP contribution in [-0.4, -0.2) is 33.1 Å². The van der Waals surface area contributed by atoms with Gasteiger partial charge in [-0.3, -0.25) is 4.79 Å². The van der Waals surface area contributed by atoms with Crippen molar-refractivity contribution in [3.8, 4) is 17.1 Å². The lowest BCUT2D eigenvalue weighted by atomic mass is 10.0. The second kappa shape index (κ2) is 9.40. The van der Waals surface area contributed by atoms with Crippen LogP contribution in [0.25, 0.3) is 11.4 Å². The van der Waals surface area contributed by atoms with E-state index in [0.717, 1.165) is 22.4 Å². The number of rotatable bonds is 5. The maximum atomic E-state index is 13.5. The summed E-state index contributed by atoms with van der Waals surface area (Å²) in [5.41, 5.74) is 6.94. The summed E-state index contributed by atoms with van der Waals surface area (Å²) in [6.07, 6.45) is 0. The second-order valence-electron chi connectivity index (χ2n) is 7.88. The van der Waals surface area contributed by atoms with Gasteiger partial charge in [-0.05, 0) is 42.3 Å². The highest BCUT2D eigenvalue weighted by Gasteiger charge is 2.38. The average molecular weight is 492 g/mol. The zero-order valence-corrected chi connectivity index (χ0v) is 20.1. The molecule has 1 amide bonds. The minimum atomic E-state index is -0.506. The van der Waals surface area contributed by atoms with Crippen molar-refractivity contribution in [2.24, 2.45) is 0 Å². The van der Waals surface area contributed by atoms with Crippen LogP contribution in [0.4, 0.5) is 5.69 Å². The molecule has 7 nitrogen and oxygen atoms in total. The zero-order valence-electron chi connectivity index (χ0n) is 18.5.